The molecule has 2 rings (SSSR count). The van der Waals surface area contributed by atoms with Gasteiger partial charge >= 0.3 is 0 Å². The molecule has 1 saturated carbocycles. The van der Waals surface area contributed by atoms with Crippen molar-refractivity contribution in [1.82, 2.24) is 9.78 Å². The average Bonchev–Trinajstić information content (AvgIpc) is 2.77. The number of hydrogen-bond acceptors (Lipinski definition) is 3. The van der Waals surface area contributed by atoms with E-state index in [9.17, 15) is 4.79 Å². The number of anilines is 1. The number of nitrogens with one attached hydrogen (secondary N) is 1. The molecule has 1 heterocycles. The summed E-state index contributed by atoms with van der Waals surface area (Å²) in [6.07, 6.45) is 7.23. The summed E-state index contributed by atoms with van der Waals surface area (Å²) in [5.74, 6) is 0.435. The third-order valence-electron chi connectivity index (χ3n) is 3.87. The molecule has 1 fully saturated rings. The van der Waals surface area contributed by atoms with Crippen molar-refractivity contribution in [3.8, 4) is 0 Å². The summed E-state index contributed by atoms with van der Waals surface area (Å²) in [5, 5.41) is 7.11. The lowest BCUT2D eigenvalue weighted by molar-refractivity contribution is -0.122. The second kappa shape index (κ2) is 5.33. The van der Waals surface area contributed by atoms with Crippen molar-refractivity contribution < 1.29 is 4.79 Å². The zero-order valence-electron chi connectivity index (χ0n) is 12.0. The van der Waals surface area contributed by atoms with Gasteiger partial charge in [0.2, 0.25) is 5.91 Å². The maximum Gasteiger partial charge on any atom is 0.244 e. The van der Waals surface area contributed by atoms with E-state index in [1.165, 1.54) is 0 Å². The van der Waals surface area contributed by atoms with Crippen LogP contribution < -0.4 is 11.1 Å². The SMILES string of the molecule is CC1CCCC(N)(C(=O)Nc2cnn(C(C)C)c2)C1. The number of nitrogens with two attached hydrogens (primary N) is 1. The van der Waals surface area contributed by atoms with Gasteiger partial charge in [-0.05, 0) is 32.6 Å². The van der Waals surface area contributed by atoms with E-state index in [4.69, 9.17) is 5.73 Å². The Labute approximate surface area is 114 Å². The molecule has 3 N–H and O–H groups in total. The van der Waals surface area contributed by atoms with E-state index < -0.39 is 5.54 Å². The summed E-state index contributed by atoms with van der Waals surface area (Å²) in [6.45, 7) is 6.25. The first kappa shape index (κ1) is 14.1. The molecule has 5 nitrogen and oxygen atoms in total. The first-order chi connectivity index (χ1) is 8.90. The zero-order chi connectivity index (χ0) is 14.0. The second-order valence-corrected chi connectivity index (χ2v) is 6.11. The predicted octanol–water partition coefficient (Wildman–Crippen LogP) is 2.31. The molecule has 0 aliphatic heterocycles. The molecule has 106 valence electrons. The summed E-state index contributed by atoms with van der Waals surface area (Å²) in [5.41, 5.74) is 6.27. The average molecular weight is 264 g/mol. The number of carbonyl (C=O) groups excluding carboxylic acids is 1. The summed E-state index contributed by atoms with van der Waals surface area (Å²) >= 11 is 0. The van der Waals surface area contributed by atoms with Crippen molar-refractivity contribution in [2.75, 3.05) is 5.32 Å². The van der Waals surface area contributed by atoms with Crippen LogP contribution in [-0.4, -0.2) is 21.2 Å². The number of amides is 1. The smallest absolute Gasteiger partial charge is 0.244 e. The third-order valence-corrected chi connectivity index (χ3v) is 3.87. The summed E-state index contributed by atoms with van der Waals surface area (Å²) in [6, 6.07) is 0.284. The molecule has 2 unspecified atom stereocenters. The summed E-state index contributed by atoms with van der Waals surface area (Å²) in [7, 11) is 0. The summed E-state index contributed by atoms with van der Waals surface area (Å²) in [4.78, 5) is 12.3. The minimum absolute atomic E-state index is 0.0812. The minimum atomic E-state index is -0.725. The fraction of sp³-hybridized carbons (Fsp3) is 0.714. The van der Waals surface area contributed by atoms with Gasteiger partial charge in [0.15, 0.2) is 0 Å². The maximum absolute atomic E-state index is 12.3. The minimum Gasteiger partial charge on any atom is -0.322 e. The predicted molar refractivity (Wildman–Crippen MR) is 75.8 cm³/mol. The molecule has 1 amide bonds. The monoisotopic (exact) mass is 264 g/mol. The molecule has 0 bridgehead atoms. The highest BCUT2D eigenvalue weighted by atomic mass is 16.2. The van der Waals surface area contributed by atoms with Crippen LogP contribution in [-0.2, 0) is 4.79 Å². The van der Waals surface area contributed by atoms with E-state index in [1.807, 2.05) is 24.7 Å². The Bertz CT molecular complexity index is 454. The number of rotatable bonds is 3. The summed E-state index contributed by atoms with van der Waals surface area (Å²) < 4.78 is 1.82. The molecule has 5 heteroatoms. The van der Waals surface area contributed by atoms with E-state index in [1.54, 1.807) is 6.20 Å². The largest absolute Gasteiger partial charge is 0.322 e. The van der Waals surface area contributed by atoms with E-state index >= 15 is 0 Å². The van der Waals surface area contributed by atoms with Crippen molar-refractivity contribution in [3.05, 3.63) is 12.4 Å². The quantitative estimate of drug-likeness (QED) is 0.880. The van der Waals surface area contributed by atoms with E-state index in [0.29, 0.717) is 5.92 Å². The van der Waals surface area contributed by atoms with Gasteiger partial charge in [-0.3, -0.25) is 9.48 Å². The molecular weight excluding hydrogens is 240 g/mol. The lowest BCUT2D eigenvalue weighted by Crippen LogP contribution is -2.53. The van der Waals surface area contributed by atoms with Gasteiger partial charge in [-0.1, -0.05) is 19.8 Å². The molecule has 1 aromatic heterocycles. The highest BCUT2D eigenvalue weighted by molar-refractivity contribution is 5.97. The lowest BCUT2D eigenvalue weighted by atomic mass is 9.76. The molecular formula is C14H24N4O. The molecule has 1 aromatic rings. The molecule has 0 saturated heterocycles. The fourth-order valence-electron chi connectivity index (χ4n) is 2.74. The van der Waals surface area contributed by atoms with Gasteiger partial charge in [0.1, 0.15) is 0 Å². The Morgan fingerprint density at radius 1 is 1.63 bits per heavy atom. The van der Waals surface area contributed by atoms with Crippen LogP contribution in [0.3, 0.4) is 0 Å². The van der Waals surface area contributed by atoms with Gasteiger partial charge in [-0.15, -0.1) is 0 Å². The normalized spacial score (nSPS) is 27.5. The van der Waals surface area contributed by atoms with Crippen LogP contribution >= 0.6 is 0 Å². The lowest BCUT2D eigenvalue weighted by Gasteiger charge is -2.35. The van der Waals surface area contributed by atoms with Crippen molar-refractivity contribution in [3.63, 3.8) is 0 Å². The molecule has 1 aliphatic carbocycles. The van der Waals surface area contributed by atoms with Crippen LogP contribution in [0.15, 0.2) is 12.4 Å². The van der Waals surface area contributed by atoms with Crippen LogP contribution in [0, 0.1) is 5.92 Å². The number of hydrogen-bond donors (Lipinski definition) is 2. The standard InChI is InChI=1S/C14H24N4O/c1-10(2)18-9-12(8-16-18)17-13(19)14(15)6-4-5-11(3)7-14/h8-11H,4-7,15H2,1-3H3,(H,17,19). The Hall–Kier alpha value is -1.36. The zero-order valence-corrected chi connectivity index (χ0v) is 12.0. The number of carbonyl (C=O) groups is 1. The van der Waals surface area contributed by atoms with Gasteiger partial charge in [-0.2, -0.15) is 5.10 Å². The van der Waals surface area contributed by atoms with Gasteiger partial charge in [-0.25, -0.2) is 0 Å². The van der Waals surface area contributed by atoms with Crippen LogP contribution in [0.1, 0.15) is 52.5 Å². The highest BCUT2D eigenvalue weighted by Crippen LogP contribution is 2.31. The second-order valence-electron chi connectivity index (χ2n) is 6.11. The van der Waals surface area contributed by atoms with Gasteiger partial charge in [0, 0.05) is 12.2 Å². The first-order valence-electron chi connectivity index (χ1n) is 7.05. The van der Waals surface area contributed by atoms with Crippen molar-refractivity contribution >= 4 is 11.6 Å². The van der Waals surface area contributed by atoms with E-state index in [0.717, 1.165) is 31.4 Å². The van der Waals surface area contributed by atoms with E-state index in [2.05, 4.69) is 17.3 Å². The Morgan fingerprint density at radius 3 is 2.95 bits per heavy atom. The number of aromatic nitrogens is 2. The molecule has 0 spiro atoms. The topological polar surface area (TPSA) is 72.9 Å². The van der Waals surface area contributed by atoms with Crippen LogP contribution in [0.2, 0.25) is 0 Å². The van der Waals surface area contributed by atoms with Crippen LogP contribution in [0.5, 0.6) is 0 Å². The fourth-order valence-corrected chi connectivity index (χ4v) is 2.74. The first-order valence-corrected chi connectivity index (χ1v) is 7.05. The van der Waals surface area contributed by atoms with Gasteiger partial charge < -0.3 is 11.1 Å². The number of nitrogens with zero attached hydrogens (tertiary/aromatic N) is 2. The van der Waals surface area contributed by atoms with Crippen LogP contribution in [0.25, 0.3) is 0 Å². The Balaban J connectivity index is 2.03. The van der Waals surface area contributed by atoms with Crippen molar-refractivity contribution in [2.45, 2.75) is 58.0 Å². The van der Waals surface area contributed by atoms with Crippen molar-refractivity contribution in [1.29, 1.82) is 0 Å². The molecule has 0 aromatic carbocycles. The highest BCUT2D eigenvalue weighted by Gasteiger charge is 2.38. The molecule has 1 aliphatic rings. The maximum atomic E-state index is 12.3. The van der Waals surface area contributed by atoms with Crippen LogP contribution in [0.4, 0.5) is 5.69 Å². The van der Waals surface area contributed by atoms with E-state index in [-0.39, 0.29) is 11.9 Å². The molecule has 2 atom stereocenters. The Morgan fingerprint density at radius 2 is 2.37 bits per heavy atom. The third kappa shape index (κ3) is 3.15. The van der Waals surface area contributed by atoms with Crippen molar-refractivity contribution in [2.24, 2.45) is 11.7 Å². The van der Waals surface area contributed by atoms with Gasteiger partial charge in [0.05, 0.1) is 17.4 Å². The molecule has 19 heavy (non-hydrogen) atoms. The molecule has 0 radical (unpaired) electrons. The Kier molecular flexibility index (Phi) is 3.94. The van der Waals surface area contributed by atoms with Gasteiger partial charge in [0.25, 0.3) is 0 Å².